The minimum atomic E-state index is -0.206. The molecule has 2 nitrogen and oxygen atoms in total. The highest BCUT2D eigenvalue weighted by molar-refractivity contribution is 9.09. The average molecular weight is 273 g/mol. The Morgan fingerprint density at radius 1 is 1.67 bits per heavy atom. The molecule has 0 N–H and O–H groups in total. The van der Waals surface area contributed by atoms with Gasteiger partial charge in [-0.25, -0.2) is 0 Å². The molecular weight excluding hydrogens is 256 g/mol. The van der Waals surface area contributed by atoms with Gasteiger partial charge < -0.3 is 4.74 Å². The summed E-state index contributed by atoms with van der Waals surface area (Å²) in [6, 6.07) is 0. The lowest BCUT2D eigenvalue weighted by Gasteiger charge is -2.15. The van der Waals surface area contributed by atoms with Crippen molar-refractivity contribution in [3.63, 3.8) is 0 Å². The van der Waals surface area contributed by atoms with Crippen LogP contribution in [-0.4, -0.2) is 17.9 Å². The first-order chi connectivity index (χ1) is 7.06. The summed E-state index contributed by atoms with van der Waals surface area (Å²) in [6.45, 7) is 8.56. The summed E-state index contributed by atoms with van der Waals surface area (Å²) in [5.74, 6) is 0.204. The summed E-state index contributed by atoms with van der Waals surface area (Å²) in [5, 5.41) is 0.261. The molecule has 3 heteroatoms. The highest BCUT2D eigenvalue weighted by atomic mass is 79.9. The second kappa shape index (κ2) is 5.50. The van der Waals surface area contributed by atoms with Crippen LogP contribution in [-0.2, 0) is 9.53 Å². The average Bonchev–Trinajstić information content (AvgIpc) is 2.56. The summed E-state index contributed by atoms with van der Waals surface area (Å²) in [5.41, 5.74) is 3.76. The molecule has 0 spiro atoms. The van der Waals surface area contributed by atoms with E-state index in [-0.39, 0.29) is 11.3 Å². The predicted octanol–water partition coefficient (Wildman–Crippen LogP) is 3.23. The van der Waals surface area contributed by atoms with E-state index in [0.29, 0.717) is 12.5 Å². The van der Waals surface area contributed by atoms with Gasteiger partial charge in [0.2, 0.25) is 0 Å². The fourth-order valence-electron chi connectivity index (χ4n) is 1.96. The quantitative estimate of drug-likeness (QED) is 0.446. The van der Waals surface area contributed by atoms with E-state index in [9.17, 15) is 4.79 Å². The fourth-order valence-corrected chi connectivity index (χ4v) is 2.12. The van der Waals surface area contributed by atoms with E-state index in [1.165, 1.54) is 11.1 Å². The maximum atomic E-state index is 11.0. The van der Waals surface area contributed by atoms with Crippen LogP contribution >= 0.6 is 15.9 Å². The predicted molar refractivity (Wildman–Crippen MR) is 65.0 cm³/mol. The number of carbonyl (C=O) groups excluding carboxylic acids is 1. The van der Waals surface area contributed by atoms with Crippen LogP contribution in [0.4, 0.5) is 0 Å². The number of ether oxygens (including phenoxy) is 1. The maximum absolute atomic E-state index is 11.0. The number of esters is 1. The van der Waals surface area contributed by atoms with Gasteiger partial charge in [0.15, 0.2) is 0 Å². The Bertz CT molecular complexity index is 305. The molecule has 0 saturated heterocycles. The normalized spacial score (nSPS) is 20.6. The van der Waals surface area contributed by atoms with Crippen molar-refractivity contribution in [1.29, 1.82) is 0 Å². The number of allylic oxidation sites excluding steroid dienone is 2. The van der Waals surface area contributed by atoms with Gasteiger partial charge in [0.05, 0.1) is 0 Å². The molecule has 15 heavy (non-hydrogen) atoms. The second-order valence-electron chi connectivity index (χ2n) is 4.04. The highest BCUT2D eigenvalue weighted by Crippen LogP contribution is 2.35. The molecule has 1 aliphatic carbocycles. The van der Waals surface area contributed by atoms with Crippen LogP contribution in [0.1, 0.15) is 26.7 Å². The Kier molecular flexibility index (Phi) is 4.58. The van der Waals surface area contributed by atoms with Crippen molar-refractivity contribution in [1.82, 2.24) is 0 Å². The van der Waals surface area contributed by atoms with Crippen LogP contribution in [0, 0.1) is 5.92 Å². The van der Waals surface area contributed by atoms with Crippen LogP contribution < -0.4 is 0 Å². The van der Waals surface area contributed by atoms with Crippen molar-refractivity contribution in [3.8, 4) is 0 Å². The van der Waals surface area contributed by atoms with E-state index < -0.39 is 0 Å². The van der Waals surface area contributed by atoms with Crippen LogP contribution in [0.5, 0.6) is 0 Å². The monoisotopic (exact) mass is 272 g/mol. The Morgan fingerprint density at radius 2 is 2.33 bits per heavy atom. The van der Waals surface area contributed by atoms with Crippen molar-refractivity contribution in [2.45, 2.75) is 26.7 Å². The molecule has 1 aliphatic rings. The Labute approximate surface area is 99.5 Å². The largest absolute Gasteiger partial charge is 0.461 e. The van der Waals surface area contributed by atoms with E-state index in [2.05, 4.69) is 29.4 Å². The van der Waals surface area contributed by atoms with Gasteiger partial charge in [0.25, 0.3) is 0 Å². The zero-order chi connectivity index (χ0) is 11.4. The topological polar surface area (TPSA) is 26.3 Å². The van der Waals surface area contributed by atoms with Crippen molar-refractivity contribution in [2.75, 3.05) is 11.9 Å². The van der Waals surface area contributed by atoms with Gasteiger partial charge in [-0.1, -0.05) is 33.7 Å². The Balaban J connectivity index is 2.61. The highest BCUT2D eigenvalue weighted by Gasteiger charge is 2.24. The van der Waals surface area contributed by atoms with Crippen LogP contribution in [0.25, 0.3) is 0 Å². The van der Waals surface area contributed by atoms with Crippen molar-refractivity contribution in [3.05, 3.63) is 23.3 Å². The third-order valence-corrected chi connectivity index (χ3v) is 3.33. The lowest BCUT2D eigenvalue weighted by atomic mass is 9.95. The van der Waals surface area contributed by atoms with E-state index in [1.54, 1.807) is 0 Å². The lowest BCUT2D eigenvalue weighted by Crippen LogP contribution is -2.12. The van der Waals surface area contributed by atoms with Gasteiger partial charge in [0.1, 0.15) is 11.9 Å². The molecule has 0 aliphatic heterocycles. The number of halogens is 1. The van der Waals surface area contributed by atoms with E-state index in [4.69, 9.17) is 4.74 Å². The third-order valence-electron chi connectivity index (χ3n) is 2.87. The molecular formula is C12H17BrO2. The molecule has 1 atom stereocenters. The van der Waals surface area contributed by atoms with E-state index in [0.717, 1.165) is 18.4 Å². The fraction of sp³-hybridized carbons (Fsp3) is 0.583. The van der Waals surface area contributed by atoms with Gasteiger partial charge >= 0.3 is 5.97 Å². The van der Waals surface area contributed by atoms with E-state index in [1.807, 2.05) is 6.92 Å². The summed E-state index contributed by atoms with van der Waals surface area (Å²) in [4.78, 5) is 11.0. The lowest BCUT2D eigenvalue weighted by molar-refractivity contribution is -0.139. The summed E-state index contributed by atoms with van der Waals surface area (Å²) in [7, 11) is 0. The van der Waals surface area contributed by atoms with E-state index >= 15 is 0 Å². The third kappa shape index (κ3) is 3.20. The zero-order valence-corrected chi connectivity index (χ0v) is 10.9. The molecule has 0 aromatic heterocycles. The molecule has 0 unspecified atom stereocenters. The van der Waals surface area contributed by atoms with Gasteiger partial charge in [-0.05, 0) is 32.3 Å². The molecule has 0 heterocycles. The first-order valence-corrected chi connectivity index (χ1v) is 6.24. The summed E-state index contributed by atoms with van der Waals surface area (Å²) < 4.78 is 5.14. The molecule has 0 bridgehead atoms. The van der Waals surface area contributed by atoms with Crippen molar-refractivity contribution < 1.29 is 9.53 Å². The molecule has 0 aromatic rings. The number of rotatable bonds is 4. The molecule has 1 rings (SSSR count). The van der Waals surface area contributed by atoms with Gasteiger partial charge in [0, 0.05) is 5.92 Å². The first-order valence-electron chi connectivity index (χ1n) is 5.11. The number of hydrogen-bond donors (Lipinski definition) is 0. The van der Waals surface area contributed by atoms with Crippen molar-refractivity contribution in [2.24, 2.45) is 5.92 Å². The smallest absolute Gasteiger partial charge is 0.316 e. The van der Waals surface area contributed by atoms with Gasteiger partial charge in [-0.2, -0.15) is 0 Å². The second-order valence-corrected chi connectivity index (χ2v) is 4.60. The molecule has 84 valence electrons. The van der Waals surface area contributed by atoms with Crippen molar-refractivity contribution >= 4 is 21.9 Å². The summed E-state index contributed by atoms with van der Waals surface area (Å²) >= 11 is 3.08. The van der Waals surface area contributed by atoms with Crippen LogP contribution in [0.15, 0.2) is 23.3 Å². The number of carbonyl (C=O) groups is 1. The first kappa shape index (κ1) is 12.5. The minimum absolute atomic E-state index is 0.206. The molecule has 0 saturated carbocycles. The van der Waals surface area contributed by atoms with Gasteiger partial charge in [-0.15, -0.1) is 0 Å². The van der Waals surface area contributed by atoms with Crippen LogP contribution in [0.3, 0.4) is 0 Å². The minimum Gasteiger partial charge on any atom is -0.461 e. The molecule has 0 amide bonds. The summed E-state index contributed by atoms with van der Waals surface area (Å²) in [6.07, 6.45) is 2.21. The Morgan fingerprint density at radius 3 is 2.87 bits per heavy atom. The maximum Gasteiger partial charge on any atom is 0.316 e. The molecule has 0 aromatic carbocycles. The number of hydrogen-bond acceptors (Lipinski definition) is 2. The van der Waals surface area contributed by atoms with Crippen LogP contribution in [0.2, 0.25) is 0 Å². The number of alkyl halides is 1. The SMILES string of the molecule is C=C(C)[C@@H]1CCC(C)=C1COC(=O)CBr. The Hall–Kier alpha value is -0.570. The molecule has 0 radical (unpaired) electrons. The standard InChI is InChI=1S/C12H17BrO2/c1-8(2)10-5-4-9(3)11(10)7-15-12(14)6-13/h10H,1,4-7H2,2-3H3/t10-/m0/s1. The molecule has 0 fully saturated rings. The zero-order valence-electron chi connectivity index (χ0n) is 9.31. The van der Waals surface area contributed by atoms with Gasteiger partial charge in [-0.3, -0.25) is 4.79 Å².